The van der Waals surface area contributed by atoms with Gasteiger partial charge in [0.05, 0.1) is 5.52 Å². The standard InChI is InChI=1S/C8H7BFNO2/c10-7-4-6(9(12)13)3-5-1-2-11-8(5)7/h1-4,11-13H. The zero-order chi connectivity index (χ0) is 9.42. The highest BCUT2D eigenvalue weighted by molar-refractivity contribution is 6.58. The molecule has 2 aromatic rings. The molecule has 0 spiro atoms. The molecule has 0 unspecified atom stereocenters. The fraction of sp³-hybridized carbons (Fsp3) is 0. The Morgan fingerprint density at radius 3 is 2.77 bits per heavy atom. The van der Waals surface area contributed by atoms with Gasteiger partial charge in [0.15, 0.2) is 0 Å². The molecule has 0 fully saturated rings. The highest BCUT2D eigenvalue weighted by Crippen LogP contribution is 2.13. The van der Waals surface area contributed by atoms with E-state index in [1.54, 1.807) is 12.3 Å². The van der Waals surface area contributed by atoms with Crippen LogP contribution in [0.2, 0.25) is 0 Å². The van der Waals surface area contributed by atoms with Crippen molar-refractivity contribution in [3.05, 3.63) is 30.2 Å². The van der Waals surface area contributed by atoms with Gasteiger partial charge in [0, 0.05) is 11.6 Å². The number of rotatable bonds is 1. The summed E-state index contributed by atoms with van der Waals surface area (Å²) in [4.78, 5) is 2.72. The van der Waals surface area contributed by atoms with Crippen LogP contribution < -0.4 is 5.46 Å². The molecule has 3 N–H and O–H groups in total. The van der Waals surface area contributed by atoms with Gasteiger partial charge < -0.3 is 15.0 Å². The van der Waals surface area contributed by atoms with Gasteiger partial charge in [0.1, 0.15) is 5.82 Å². The minimum atomic E-state index is -1.63. The summed E-state index contributed by atoms with van der Waals surface area (Å²) in [5.41, 5.74) is 0.536. The topological polar surface area (TPSA) is 56.2 Å². The van der Waals surface area contributed by atoms with E-state index in [4.69, 9.17) is 10.0 Å². The first-order chi connectivity index (χ1) is 6.18. The summed E-state index contributed by atoms with van der Waals surface area (Å²) in [7, 11) is -1.63. The molecule has 0 saturated carbocycles. The summed E-state index contributed by atoms with van der Waals surface area (Å²) in [6.07, 6.45) is 1.60. The number of hydrogen-bond donors (Lipinski definition) is 3. The largest absolute Gasteiger partial charge is 0.488 e. The van der Waals surface area contributed by atoms with Gasteiger partial charge in [-0.15, -0.1) is 0 Å². The molecule has 3 nitrogen and oxygen atoms in total. The summed E-state index contributed by atoms with van der Waals surface area (Å²) in [5.74, 6) is -0.481. The highest BCUT2D eigenvalue weighted by atomic mass is 19.1. The van der Waals surface area contributed by atoms with E-state index in [9.17, 15) is 4.39 Å². The van der Waals surface area contributed by atoms with Crippen molar-refractivity contribution in [2.24, 2.45) is 0 Å². The van der Waals surface area contributed by atoms with Crippen molar-refractivity contribution in [3.63, 3.8) is 0 Å². The van der Waals surface area contributed by atoms with Gasteiger partial charge in [0.25, 0.3) is 0 Å². The van der Waals surface area contributed by atoms with E-state index < -0.39 is 12.9 Å². The Balaban J connectivity index is 2.70. The van der Waals surface area contributed by atoms with Crippen LogP contribution in [-0.4, -0.2) is 22.2 Å². The summed E-state index contributed by atoms with van der Waals surface area (Å²) >= 11 is 0. The van der Waals surface area contributed by atoms with Gasteiger partial charge in [-0.1, -0.05) is 6.07 Å². The number of aromatic amines is 1. The quantitative estimate of drug-likeness (QED) is 0.539. The Labute approximate surface area is 74.0 Å². The lowest BCUT2D eigenvalue weighted by molar-refractivity contribution is 0.425. The normalized spacial score (nSPS) is 10.7. The van der Waals surface area contributed by atoms with E-state index in [1.165, 1.54) is 6.07 Å². The molecule has 66 valence electrons. The monoisotopic (exact) mass is 179 g/mol. The molecule has 5 heteroatoms. The van der Waals surface area contributed by atoms with E-state index in [0.29, 0.717) is 10.9 Å². The molecule has 1 aromatic carbocycles. The van der Waals surface area contributed by atoms with Crippen molar-refractivity contribution < 1.29 is 14.4 Å². The SMILES string of the molecule is OB(O)c1cc(F)c2[nH]ccc2c1. The highest BCUT2D eigenvalue weighted by Gasteiger charge is 2.14. The van der Waals surface area contributed by atoms with Crippen LogP contribution in [0.25, 0.3) is 10.9 Å². The predicted octanol–water partition coefficient (Wildman–Crippen LogP) is -0.0132. The van der Waals surface area contributed by atoms with Crippen LogP contribution in [0, 0.1) is 5.82 Å². The molecule has 0 bridgehead atoms. The minimum Gasteiger partial charge on any atom is -0.423 e. The molecule has 0 amide bonds. The van der Waals surface area contributed by atoms with Gasteiger partial charge in [-0.2, -0.15) is 0 Å². The van der Waals surface area contributed by atoms with Crippen molar-refractivity contribution in [1.82, 2.24) is 4.98 Å². The zero-order valence-electron chi connectivity index (χ0n) is 6.66. The van der Waals surface area contributed by atoms with Crippen LogP contribution in [-0.2, 0) is 0 Å². The Hall–Kier alpha value is -1.33. The Morgan fingerprint density at radius 2 is 2.08 bits per heavy atom. The second-order valence-corrected chi connectivity index (χ2v) is 2.82. The summed E-state index contributed by atoms with van der Waals surface area (Å²) in [5, 5.41) is 18.3. The summed E-state index contributed by atoms with van der Waals surface area (Å²) in [6.45, 7) is 0. The summed E-state index contributed by atoms with van der Waals surface area (Å²) in [6, 6.07) is 4.30. The Kier molecular flexibility index (Phi) is 1.83. The first-order valence-corrected chi connectivity index (χ1v) is 3.81. The van der Waals surface area contributed by atoms with Gasteiger partial charge in [-0.05, 0) is 17.6 Å². The third-order valence-corrected chi connectivity index (χ3v) is 1.93. The first-order valence-electron chi connectivity index (χ1n) is 3.81. The van der Waals surface area contributed by atoms with E-state index in [1.807, 2.05) is 0 Å². The van der Waals surface area contributed by atoms with Gasteiger partial charge in [-0.25, -0.2) is 4.39 Å². The predicted molar refractivity (Wildman–Crippen MR) is 48.1 cm³/mol. The first kappa shape index (κ1) is 8.28. The van der Waals surface area contributed by atoms with Crippen molar-refractivity contribution >= 4 is 23.5 Å². The molecule has 0 saturated heterocycles. The van der Waals surface area contributed by atoms with Crippen LogP contribution in [0.1, 0.15) is 0 Å². The summed E-state index contributed by atoms with van der Waals surface area (Å²) < 4.78 is 13.2. The Morgan fingerprint density at radius 1 is 1.31 bits per heavy atom. The average molecular weight is 179 g/mol. The minimum absolute atomic E-state index is 0.157. The van der Waals surface area contributed by atoms with Crippen LogP contribution in [0.3, 0.4) is 0 Å². The second-order valence-electron chi connectivity index (χ2n) is 2.82. The van der Waals surface area contributed by atoms with E-state index in [2.05, 4.69) is 4.98 Å². The fourth-order valence-corrected chi connectivity index (χ4v) is 1.30. The van der Waals surface area contributed by atoms with Gasteiger partial charge in [-0.3, -0.25) is 0 Å². The van der Waals surface area contributed by atoms with Crippen LogP contribution in [0.15, 0.2) is 24.4 Å². The lowest BCUT2D eigenvalue weighted by Gasteiger charge is -2.00. The van der Waals surface area contributed by atoms with E-state index >= 15 is 0 Å². The van der Waals surface area contributed by atoms with Crippen LogP contribution in [0.5, 0.6) is 0 Å². The molecule has 1 heterocycles. The van der Waals surface area contributed by atoms with Crippen molar-refractivity contribution in [2.45, 2.75) is 0 Å². The second kappa shape index (κ2) is 2.87. The number of hydrogen-bond acceptors (Lipinski definition) is 2. The maximum absolute atomic E-state index is 13.2. The lowest BCUT2D eigenvalue weighted by Crippen LogP contribution is -2.29. The number of benzene rings is 1. The van der Waals surface area contributed by atoms with Gasteiger partial charge in [0.2, 0.25) is 0 Å². The Bertz CT molecular complexity index is 441. The van der Waals surface area contributed by atoms with Crippen molar-refractivity contribution in [3.8, 4) is 0 Å². The van der Waals surface area contributed by atoms with E-state index in [-0.39, 0.29) is 5.46 Å². The number of fused-ring (bicyclic) bond motifs is 1. The molecule has 0 aliphatic rings. The maximum Gasteiger partial charge on any atom is 0.488 e. The third-order valence-electron chi connectivity index (χ3n) is 1.93. The van der Waals surface area contributed by atoms with Crippen molar-refractivity contribution in [1.29, 1.82) is 0 Å². The van der Waals surface area contributed by atoms with Crippen LogP contribution >= 0.6 is 0 Å². The molecule has 2 rings (SSSR count). The zero-order valence-corrected chi connectivity index (χ0v) is 6.66. The lowest BCUT2D eigenvalue weighted by atomic mass is 9.80. The number of aromatic nitrogens is 1. The van der Waals surface area contributed by atoms with Crippen molar-refractivity contribution in [2.75, 3.05) is 0 Å². The molecule has 0 atom stereocenters. The van der Waals surface area contributed by atoms with Gasteiger partial charge >= 0.3 is 7.12 Å². The van der Waals surface area contributed by atoms with E-state index in [0.717, 1.165) is 6.07 Å². The average Bonchev–Trinajstić information content (AvgIpc) is 2.51. The smallest absolute Gasteiger partial charge is 0.423 e. The molecule has 0 radical (unpaired) electrons. The van der Waals surface area contributed by atoms with Crippen LogP contribution in [0.4, 0.5) is 4.39 Å². The molecule has 0 aliphatic carbocycles. The molecular weight excluding hydrogens is 172 g/mol. The third kappa shape index (κ3) is 1.32. The number of nitrogens with one attached hydrogen (secondary N) is 1. The molecule has 0 aliphatic heterocycles. The molecule has 1 aromatic heterocycles. The fourth-order valence-electron chi connectivity index (χ4n) is 1.30. The molecule has 13 heavy (non-hydrogen) atoms. The number of H-pyrrole nitrogens is 1. The number of halogens is 1. The maximum atomic E-state index is 13.2. The molecular formula is C8H7BFNO2.